The monoisotopic (exact) mass is 316 g/mol. The molecule has 24 heavy (non-hydrogen) atoms. The van der Waals surface area contributed by atoms with Crippen molar-refractivity contribution in [2.24, 2.45) is 0 Å². The van der Waals surface area contributed by atoms with Crippen LogP contribution in [-0.2, 0) is 0 Å². The van der Waals surface area contributed by atoms with Gasteiger partial charge in [0.05, 0.1) is 22.9 Å². The van der Waals surface area contributed by atoms with E-state index in [-0.39, 0.29) is 5.56 Å². The molecule has 118 valence electrons. The molecule has 4 rings (SSSR count). The number of para-hydroxylation sites is 1. The lowest BCUT2D eigenvalue weighted by molar-refractivity contribution is 0.574. The Morgan fingerprint density at radius 1 is 1.00 bits per heavy atom. The van der Waals surface area contributed by atoms with Gasteiger partial charge in [0.2, 0.25) is 0 Å². The molecule has 4 heteroatoms. The lowest BCUT2D eigenvalue weighted by Gasteiger charge is -2.14. The summed E-state index contributed by atoms with van der Waals surface area (Å²) < 4.78 is 7.16. The van der Waals surface area contributed by atoms with Crippen LogP contribution >= 0.6 is 0 Å². The van der Waals surface area contributed by atoms with E-state index in [0.29, 0.717) is 22.5 Å². The zero-order chi connectivity index (χ0) is 16.7. The van der Waals surface area contributed by atoms with Gasteiger partial charge >= 0.3 is 0 Å². The van der Waals surface area contributed by atoms with Crippen molar-refractivity contribution in [1.29, 1.82) is 0 Å². The molecule has 0 saturated carbocycles. The third kappa shape index (κ3) is 2.24. The number of nitrogens with zero attached hydrogens (tertiary/aromatic N) is 2. The molecule has 0 unspecified atom stereocenters. The first-order valence-corrected chi connectivity index (χ1v) is 7.78. The molecular weight excluding hydrogens is 300 g/mol. The average Bonchev–Trinajstić information content (AvgIpc) is 3.10. The third-order valence-electron chi connectivity index (χ3n) is 4.11. The summed E-state index contributed by atoms with van der Waals surface area (Å²) in [6, 6.07) is 17.0. The third-order valence-corrected chi connectivity index (χ3v) is 4.11. The Labute approximate surface area is 139 Å². The van der Waals surface area contributed by atoms with Crippen LogP contribution in [0.2, 0.25) is 0 Å². The van der Waals surface area contributed by atoms with Crippen LogP contribution in [0.25, 0.3) is 28.2 Å². The molecule has 0 spiro atoms. The van der Waals surface area contributed by atoms with Gasteiger partial charge in [0.15, 0.2) is 11.6 Å². The summed E-state index contributed by atoms with van der Waals surface area (Å²) >= 11 is 0. The molecule has 2 aromatic carbocycles. The molecule has 0 bridgehead atoms. The Kier molecular flexibility index (Phi) is 3.31. The summed E-state index contributed by atoms with van der Waals surface area (Å²) in [6.45, 7) is 4.03. The Balaban J connectivity index is 2.15. The highest BCUT2D eigenvalue weighted by molar-refractivity contribution is 5.80. The number of rotatable bonds is 2. The summed E-state index contributed by atoms with van der Waals surface area (Å²) in [5.41, 5.74) is 3.55. The molecule has 4 aromatic rings. The zero-order valence-corrected chi connectivity index (χ0v) is 13.5. The summed E-state index contributed by atoms with van der Waals surface area (Å²) in [6.07, 6.45) is 1.59. The predicted molar refractivity (Wildman–Crippen MR) is 94.5 cm³/mol. The Morgan fingerprint density at radius 3 is 2.58 bits per heavy atom. The fourth-order valence-electron chi connectivity index (χ4n) is 2.98. The minimum absolute atomic E-state index is 0.0982. The van der Waals surface area contributed by atoms with Gasteiger partial charge in [-0.3, -0.25) is 9.36 Å². The van der Waals surface area contributed by atoms with E-state index >= 15 is 0 Å². The molecule has 0 atom stereocenters. The fourth-order valence-corrected chi connectivity index (χ4v) is 2.98. The second-order valence-corrected chi connectivity index (χ2v) is 5.86. The molecule has 0 fully saturated rings. The van der Waals surface area contributed by atoms with Crippen molar-refractivity contribution in [1.82, 2.24) is 9.55 Å². The molecule has 0 aliphatic heterocycles. The average molecular weight is 316 g/mol. The first-order valence-electron chi connectivity index (χ1n) is 7.78. The van der Waals surface area contributed by atoms with Crippen LogP contribution in [-0.4, -0.2) is 9.55 Å². The minimum Gasteiger partial charge on any atom is -0.461 e. The number of furan rings is 1. The van der Waals surface area contributed by atoms with Crippen LogP contribution < -0.4 is 5.56 Å². The van der Waals surface area contributed by atoms with Gasteiger partial charge in [-0.05, 0) is 49.7 Å². The van der Waals surface area contributed by atoms with Crippen LogP contribution in [0.1, 0.15) is 11.1 Å². The SMILES string of the molecule is Cc1ccc(-n2c(-c3ccco3)nc3ccccc3c2=O)c(C)c1. The molecule has 2 aromatic heterocycles. The van der Waals surface area contributed by atoms with Gasteiger partial charge < -0.3 is 4.42 Å². The maximum absolute atomic E-state index is 13.2. The summed E-state index contributed by atoms with van der Waals surface area (Å²) in [4.78, 5) is 17.9. The zero-order valence-electron chi connectivity index (χ0n) is 13.5. The maximum Gasteiger partial charge on any atom is 0.266 e. The first-order chi connectivity index (χ1) is 11.6. The number of aromatic nitrogens is 2. The van der Waals surface area contributed by atoms with Crippen molar-refractivity contribution in [2.45, 2.75) is 13.8 Å². The summed E-state index contributed by atoms with van der Waals surface area (Å²) in [5, 5.41) is 0.591. The standard InChI is InChI=1S/C20H16N2O2/c1-13-9-10-17(14(2)12-13)22-19(18-8-5-11-24-18)21-16-7-4-3-6-15(16)20(22)23/h3-12H,1-2H3. The highest BCUT2D eigenvalue weighted by Crippen LogP contribution is 2.24. The lowest BCUT2D eigenvalue weighted by atomic mass is 10.1. The Bertz CT molecular complexity index is 1090. The van der Waals surface area contributed by atoms with Crippen molar-refractivity contribution in [2.75, 3.05) is 0 Å². The van der Waals surface area contributed by atoms with Crippen LogP contribution in [0.5, 0.6) is 0 Å². The van der Waals surface area contributed by atoms with Crippen LogP contribution in [0.4, 0.5) is 0 Å². The minimum atomic E-state index is -0.0982. The number of benzene rings is 2. The van der Waals surface area contributed by atoms with Crippen LogP contribution in [0, 0.1) is 13.8 Å². The number of fused-ring (bicyclic) bond motifs is 1. The smallest absolute Gasteiger partial charge is 0.266 e. The fraction of sp³-hybridized carbons (Fsp3) is 0.100. The van der Waals surface area contributed by atoms with Gasteiger partial charge in [-0.2, -0.15) is 0 Å². The predicted octanol–water partition coefficient (Wildman–Crippen LogP) is 4.26. The second kappa shape index (κ2) is 5.49. The molecule has 0 amide bonds. The normalized spacial score (nSPS) is 11.1. The van der Waals surface area contributed by atoms with Gasteiger partial charge in [0.25, 0.3) is 5.56 Å². The van der Waals surface area contributed by atoms with Gasteiger partial charge in [-0.25, -0.2) is 4.98 Å². The van der Waals surface area contributed by atoms with Gasteiger partial charge in [0, 0.05) is 0 Å². The molecule has 4 nitrogen and oxygen atoms in total. The topological polar surface area (TPSA) is 48.0 Å². The van der Waals surface area contributed by atoms with E-state index < -0.39 is 0 Å². The quantitative estimate of drug-likeness (QED) is 0.555. The Hall–Kier alpha value is -3.14. The van der Waals surface area contributed by atoms with E-state index in [2.05, 4.69) is 11.1 Å². The second-order valence-electron chi connectivity index (χ2n) is 5.86. The van der Waals surface area contributed by atoms with Crippen molar-refractivity contribution in [3.63, 3.8) is 0 Å². The van der Waals surface area contributed by atoms with E-state index in [1.165, 1.54) is 0 Å². The van der Waals surface area contributed by atoms with Gasteiger partial charge in [0.1, 0.15) is 0 Å². The lowest BCUT2D eigenvalue weighted by Crippen LogP contribution is -2.22. The van der Waals surface area contributed by atoms with Crippen molar-refractivity contribution < 1.29 is 4.42 Å². The van der Waals surface area contributed by atoms with Crippen molar-refractivity contribution >= 4 is 10.9 Å². The summed E-state index contributed by atoms with van der Waals surface area (Å²) in [5.74, 6) is 1.08. The van der Waals surface area contributed by atoms with Crippen molar-refractivity contribution in [3.05, 3.63) is 82.3 Å². The maximum atomic E-state index is 13.2. The molecule has 0 aliphatic rings. The van der Waals surface area contributed by atoms with Crippen LogP contribution in [0.15, 0.2) is 70.1 Å². The molecule has 0 aliphatic carbocycles. The van der Waals surface area contributed by atoms with E-state index in [1.807, 2.05) is 50.2 Å². The number of hydrogen-bond acceptors (Lipinski definition) is 3. The van der Waals surface area contributed by atoms with Crippen molar-refractivity contribution in [3.8, 4) is 17.3 Å². The Morgan fingerprint density at radius 2 is 1.83 bits per heavy atom. The van der Waals surface area contributed by atoms with E-state index in [9.17, 15) is 4.79 Å². The highest BCUT2D eigenvalue weighted by atomic mass is 16.3. The highest BCUT2D eigenvalue weighted by Gasteiger charge is 2.17. The molecule has 2 heterocycles. The van der Waals surface area contributed by atoms with Crippen LogP contribution in [0.3, 0.4) is 0 Å². The van der Waals surface area contributed by atoms with E-state index in [0.717, 1.165) is 16.8 Å². The van der Waals surface area contributed by atoms with E-state index in [1.54, 1.807) is 23.0 Å². The number of hydrogen-bond donors (Lipinski definition) is 0. The molecular formula is C20H16N2O2. The molecule has 0 saturated heterocycles. The van der Waals surface area contributed by atoms with E-state index in [4.69, 9.17) is 4.42 Å². The van der Waals surface area contributed by atoms with Gasteiger partial charge in [-0.1, -0.05) is 29.8 Å². The van der Waals surface area contributed by atoms with Gasteiger partial charge in [-0.15, -0.1) is 0 Å². The number of aryl methyl sites for hydroxylation is 2. The summed E-state index contributed by atoms with van der Waals surface area (Å²) in [7, 11) is 0. The molecule has 0 radical (unpaired) electrons. The largest absolute Gasteiger partial charge is 0.461 e. The first kappa shape index (κ1) is 14.5. The molecule has 0 N–H and O–H groups in total.